The zero-order valence-electron chi connectivity index (χ0n) is 42.9. The number of piperidine rings is 1. The Bertz CT molecular complexity index is 2650. The largest absolute Gasteiger partial charge is 0.681 e. The predicted molar refractivity (Wildman–Crippen MR) is 273 cm³/mol. The maximum atomic E-state index is 16.5. The first-order valence-corrected chi connectivity index (χ1v) is 26.2. The molecule has 0 radical (unpaired) electrons. The minimum absolute atomic E-state index is 0.159. The number of rotatable bonds is 15. The number of anilines is 1. The van der Waals surface area contributed by atoms with Gasteiger partial charge in [0.15, 0.2) is 5.60 Å². The van der Waals surface area contributed by atoms with E-state index >= 15 is 8.78 Å². The fourth-order valence-electron chi connectivity index (χ4n) is 10.5. The zero-order valence-corrected chi connectivity index (χ0v) is 43.9. The average molecular weight is 964 g/mol. The summed E-state index contributed by atoms with van der Waals surface area (Å²) in [7, 11) is -0.350. The van der Waals surface area contributed by atoms with Crippen LogP contribution in [-0.4, -0.2) is 66.4 Å². The van der Waals surface area contributed by atoms with E-state index in [-0.39, 0.29) is 13.2 Å². The molecular formula is C57H71F2NO8Si. The van der Waals surface area contributed by atoms with E-state index in [1.54, 1.807) is 14.2 Å². The van der Waals surface area contributed by atoms with Crippen molar-refractivity contribution in [2.75, 3.05) is 45.4 Å². The molecule has 3 aliphatic rings. The van der Waals surface area contributed by atoms with Gasteiger partial charge in [-0.25, -0.2) is 8.78 Å². The summed E-state index contributed by atoms with van der Waals surface area (Å²) in [5.74, 6) is 1.56. The van der Waals surface area contributed by atoms with Crippen LogP contribution in [0.2, 0.25) is 0 Å². The van der Waals surface area contributed by atoms with Crippen molar-refractivity contribution < 1.29 is 45.4 Å². The lowest BCUT2D eigenvalue weighted by Gasteiger charge is -2.41. The number of benzene rings is 5. The summed E-state index contributed by atoms with van der Waals surface area (Å²) in [6.07, 6.45) is 8.73. The van der Waals surface area contributed by atoms with Gasteiger partial charge in [0.1, 0.15) is 41.2 Å². The molecule has 370 valence electrons. The lowest BCUT2D eigenvalue weighted by atomic mass is 9.71. The number of hydrogen-bond donors (Lipinski definition) is 0. The van der Waals surface area contributed by atoms with Gasteiger partial charge in [-0.3, -0.25) is 0 Å². The number of halogens is 2. The van der Waals surface area contributed by atoms with Crippen LogP contribution in [0.25, 0.3) is 28.0 Å². The minimum atomic E-state index is -3.70. The Labute approximate surface area is 409 Å². The van der Waals surface area contributed by atoms with E-state index in [1.165, 1.54) is 12.5 Å². The Morgan fingerprint density at radius 1 is 0.667 bits per heavy atom. The van der Waals surface area contributed by atoms with Gasteiger partial charge in [-0.15, -0.1) is 0 Å². The van der Waals surface area contributed by atoms with Crippen LogP contribution in [0.1, 0.15) is 136 Å². The van der Waals surface area contributed by atoms with Crippen LogP contribution in [0.3, 0.4) is 0 Å². The molecule has 5 aromatic rings. The Kier molecular flexibility index (Phi) is 13.9. The van der Waals surface area contributed by atoms with Crippen LogP contribution in [0.4, 0.5) is 14.5 Å². The summed E-state index contributed by atoms with van der Waals surface area (Å²) < 4.78 is 83.8. The number of hydrogen-bond acceptors (Lipinski definition) is 9. The summed E-state index contributed by atoms with van der Waals surface area (Å²) in [5, 5.41) is 1.66. The second kappa shape index (κ2) is 19.0. The molecule has 1 unspecified atom stereocenters. The smallest absolute Gasteiger partial charge is 0.497 e. The highest BCUT2D eigenvalue weighted by molar-refractivity contribution is 6.54. The van der Waals surface area contributed by atoms with E-state index in [2.05, 4.69) is 43.0 Å². The third-order valence-corrected chi connectivity index (χ3v) is 16.4. The topological polar surface area (TPSA) is 77.1 Å². The Morgan fingerprint density at radius 3 is 1.78 bits per heavy atom. The maximum absolute atomic E-state index is 16.5. The fraction of sp³-hybridized carbons (Fsp3) is 0.474. The first kappa shape index (κ1) is 50.4. The van der Waals surface area contributed by atoms with Crippen molar-refractivity contribution in [1.29, 1.82) is 0 Å². The molecule has 0 N–H and O–H groups in total. The standard InChI is InChI=1S/C57H71F2NO8Si/c1-14-56(15-2)50-45(33-39(58)34-46(50)59)49-43-35-47(60-29-17-16-18-30-60)48(62-13)36-44(43)52-42(51(49)56)27-28-57(65-52,37-19-23-40(61-12)24-20-37)38-21-25-41(26-22-38)63-31-32-64-69(66-53(3,4)5,67-54(6,7)8)68-55(9,10)11/h19-28,33-36H,14-18,29-32H2,1-13H3. The molecule has 1 atom stereocenters. The van der Waals surface area contributed by atoms with E-state index in [0.717, 1.165) is 76.3 Å². The number of ether oxygens (including phenoxy) is 4. The minimum Gasteiger partial charge on any atom is -0.497 e. The normalized spacial score (nSPS) is 17.9. The van der Waals surface area contributed by atoms with E-state index in [9.17, 15) is 0 Å². The fourth-order valence-corrected chi connectivity index (χ4v) is 13.4. The second-order valence-corrected chi connectivity index (χ2v) is 23.4. The lowest BCUT2D eigenvalue weighted by Crippen LogP contribution is -2.59. The summed E-state index contributed by atoms with van der Waals surface area (Å²) >= 11 is 0. The van der Waals surface area contributed by atoms with E-state index < -0.39 is 48.5 Å². The predicted octanol–water partition coefficient (Wildman–Crippen LogP) is 13.8. The van der Waals surface area contributed by atoms with Crippen molar-refractivity contribution in [2.45, 2.75) is 136 Å². The highest BCUT2D eigenvalue weighted by atomic mass is 28.4. The van der Waals surface area contributed by atoms with Gasteiger partial charge < -0.3 is 41.6 Å². The molecular weight excluding hydrogens is 893 g/mol. The van der Waals surface area contributed by atoms with Gasteiger partial charge in [0, 0.05) is 52.2 Å². The van der Waals surface area contributed by atoms with Crippen molar-refractivity contribution in [3.05, 3.63) is 118 Å². The van der Waals surface area contributed by atoms with Gasteiger partial charge in [0.05, 0.1) is 43.3 Å². The summed E-state index contributed by atoms with van der Waals surface area (Å²) in [4.78, 5) is 2.37. The molecule has 2 heterocycles. The highest BCUT2D eigenvalue weighted by Gasteiger charge is 2.54. The number of nitrogens with zero attached hydrogens (tertiary/aromatic N) is 1. The SMILES string of the molecule is CCC1(CC)c2c(F)cc(F)cc2-c2c1c1c(c3cc(OC)c(N4CCCCC4)cc23)OC(c2ccc(OC)cc2)(c2ccc(OCCO[Si](OC(C)(C)C)(OC(C)(C)C)OC(C)(C)C)cc2)C=C1. The molecule has 0 aromatic heterocycles. The highest BCUT2D eigenvalue weighted by Crippen LogP contribution is 2.62. The van der Waals surface area contributed by atoms with Crippen LogP contribution < -0.4 is 23.8 Å². The van der Waals surface area contributed by atoms with Crippen LogP contribution in [0.5, 0.6) is 23.0 Å². The zero-order chi connectivity index (χ0) is 49.7. The van der Waals surface area contributed by atoms with E-state index in [1.807, 2.05) is 111 Å². The van der Waals surface area contributed by atoms with Gasteiger partial charge in [-0.05, 0) is 165 Å². The quantitative estimate of drug-likeness (QED) is 0.0753. The van der Waals surface area contributed by atoms with Crippen molar-refractivity contribution in [3.8, 4) is 34.1 Å². The molecule has 9 nitrogen and oxygen atoms in total. The van der Waals surface area contributed by atoms with Crippen molar-refractivity contribution in [1.82, 2.24) is 0 Å². The van der Waals surface area contributed by atoms with Gasteiger partial charge in [-0.2, -0.15) is 0 Å². The molecule has 8 rings (SSSR count). The lowest BCUT2D eigenvalue weighted by molar-refractivity contribution is -0.135. The third-order valence-electron chi connectivity index (χ3n) is 13.3. The molecule has 12 heteroatoms. The number of methoxy groups -OCH3 is 2. The first-order valence-electron chi connectivity index (χ1n) is 24.6. The molecule has 1 fully saturated rings. The Balaban J connectivity index is 1.23. The van der Waals surface area contributed by atoms with Crippen LogP contribution in [-0.2, 0) is 28.7 Å². The van der Waals surface area contributed by atoms with E-state index in [4.69, 9.17) is 36.7 Å². The summed E-state index contributed by atoms with van der Waals surface area (Å²) in [6, 6.07) is 22.6. The Morgan fingerprint density at radius 2 is 1.25 bits per heavy atom. The molecule has 1 aliphatic carbocycles. The molecule has 0 spiro atoms. The maximum Gasteiger partial charge on any atom is 0.681 e. The van der Waals surface area contributed by atoms with Crippen molar-refractivity contribution in [3.63, 3.8) is 0 Å². The molecule has 0 saturated carbocycles. The van der Waals surface area contributed by atoms with Gasteiger partial charge in [-0.1, -0.05) is 44.2 Å². The van der Waals surface area contributed by atoms with Gasteiger partial charge in [0.25, 0.3) is 0 Å². The van der Waals surface area contributed by atoms with E-state index in [0.29, 0.717) is 47.0 Å². The molecule has 1 saturated heterocycles. The molecule has 5 aromatic carbocycles. The van der Waals surface area contributed by atoms with Crippen molar-refractivity contribution >= 4 is 31.6 Å². The first-order chi connectivity index (χ1) is 32.6. The summed E-state index contributed by atoms with van der Waals surface area (Å²) in [6.45, 7) is 24.0. The van der Waals surface area contributed by atoms with Gasteiger partial charge >= 0.3 is 9.05 Å². The van der Waals surface area contributed by atoms with Gasteiger partial charge in [0.2, 0.25) is 0 Å². The Hall–Kier alpha value is -4.98. The molecule has 0 bridgehead atoms. The van der Waals surface area contributed by atoms with Crippen LogP contribution in [0.15, 0.2) is 78.9 Å². The second-order valence-electron chi connectivity index (χ2n) is 21.5. The summed E-state index contributed by atoms with van der Waals surface area (Å²) in [5.41, 5.74) is 2.76. The number of fused-ring (bicyclic) bond motifs is 8. The van der Waals surface area contributed by atoms with Crippen molar-refractivity contribution in [2.24, 2.45) is 0 Å². The monoisotopic (exact) mass is 963 g/mol. The molecule has 69 heavy (non-hydrogen) atoms. The average Bonchev–Trinajstić information content (AvgIpc) is 3.59. The third kappa shape index (κ3) is 9.89. The van der Waals surface area contributed by atoms with Crippen LogP contribution >= 0.6 is 0 Å². The van der Waals surface area contributed by atoms with Crippen LogP contribution in [0, 0.1) is 11.6 Å². The molecule has 0 amide bonds. The molecule has 2 aliphatic heterocycles.